The van der Waals surface area contributed by atoms with Gasteiger partial charge in [-0.2, -0.15) is 0 Å². The zero-order valence-electron chi connectivity index (χ0n) is 10.2. The largest absolute Gasteiger partial charge is 0.508 e. The van der Waals surface area contributed by atoms with E-state index in [1.807, 2.05) is 0 Å². The summed E-state index contributed by atoms with van der Waals surface area (Å²) in [6.07, 6.45) is 2.21. The highest BCUT2D eigenvalue weighted by Crippen LogP contribution is 2.44. The SMILES string of the molecule is O=C(N[C@H]1C[C@@H]2C[C@H]1[C@H](O)C2)c1cc(O)cc(=O)o1. The predicted octanol–water partition coefficient (Wildman–Crippen LogP) is 0.235. The van der Waals surface area contributed by atoms with Crippen molar-refractivity contribution in [2.24, 2.45) is 11.8 Å². The van der Waals surface area contributed by atoms with Crippen LogP contribution in [0.4, 0.5) is 0 Å². The van der Waals surface area contributed by atoms with E-state index in [2.05, 4.69) is 5.32 Å². The molecule has 102 valence electrons. The molecule has 1 amide bonds. The lowest BCUT2D eigenvalue weighted by Crippen LogP contribution is -2.43. The van der Waals surface area contributed by atoms with Gasteiger partial charge in [-0.15, -0.1) is 0 Å². The van der Waals surface area contributed by atoms with E-state index < -0.39 is 11.5 Å². The summed E-state index contributed by atoms with van der Waals surface area (Å²) in [6, 6.07) is 1.92. The van der Waals surface area contributed by atoms with Crippen LogP contribution in [0.5, 0.6) is 5.75 Å². The fourth-order valence-corrected chi connectivity index (χ4v) is 3.29. The standard InChI is InChI=1S/C13H15NO5/c15-7-4-11(19-12(17)5-7)13(18)14-9-2-6-1-8(9)10(16)3-6/h4-6,8-10,15-16H,1-3H2,(H,14,18)/t6-,8+,9-,10+/m0/s1. The van der Waals surface area contributed by atoms with Crippen molar-refractivity contribution >= 4 is 5.91 Å². The second kappa shape index (κ2) is 4.38. The summed E-state index contributed by atoms with van der Waals surface area (Å²) >= 11 is 0. The van der Waals surface area contributed by atoms with Crippen LogP contribution >= 0.6 is 0 Å². The summed E-state index contributed by atoms with van der Waals surface area (Å²) in [6.45, 7) is 0. The summed E-state index contributed by atoms with van der Waals surface area (Å²) in [7, 11) is 0. The number of amides is 1. The van der Waals surface area contributed by atoms with Gasteiger partial charge in [-0.05, 0) is 25.2 Å². The van der Waals surface area contributed by atoms with Gasteiger partial charge in [0.05, 0.1) is 12.2 Å². The number of aliphatic hydroxyl groups excluding tert-OH is 1. The van der Waals surface area contributed by atoms with Gasteiger partial charge in [0.2, 0.25) is 0 Å². The third-order valence-corrected chi connectivity index (χ3v) is 4.07. The minimum absolute atomic E-state index is 0.0815. The molecule has 6 heteroatoms. The lowest BCUT2D eigenvalue weighted by atomic mass is 9.92. The van der Waals surface area contributed by atoms with Gasteiger partial charge in [0, 0.05) is 18.0 Å². The predicted molar refractivity (Wildman–Crippen MR) is 64.7 cm³/mol. The van der Waals surface area contributed by atoms with E-state index in [9.17, 15) is 19.8 Å². The Hall–Kier alpha value is -1.82. The molecular formula is C13H15NO5. The molecule has 3 rings (SSSR count). The lowest BCUT2D eigenvalue weighted by molar-refractivity contribution is 0.0755. The lowest BCUT2D eigenvalue weighted by Gasteiger charge is -2.26. The Morgan fingerprint density at radius 1 is 1.32 bits per heavy atom. The van der Waals surface area contributed by atoms with E-state index in [-0.39, 0.29) is 29.6 Å². The number of aliphatic hydroxyl groups is 1. The Bertz CT molecular complexity index is 566. The molecule has 0 unspecified atom stereocenters. The average molecular weight is 265 g/mol. The summed E-state index contributed by atoms with van der Waals surface area (Å²) in [4.78, 5) is 23.0. The summed E-state index contributed by atoms with van der Waals surface area (Å²) in [5.74, 6) is -0.492. The maximum atomic E-state index is 12.0. The van der Waals surface area contributed by atoms with Gasteiger partial charge in [-0.3, -0.25) is 4.79 Å². The first-order valence-corrected chi connectivity index (χ1v) is 6.36. The van der Waals surface area contributed by atoms with E-state index in [1.54, 1.807) is 0 Å². The molecular weight excluding hydrogens is 250 g/mol. The van der Waals surface area contributed by atoms with Crippen LogP contribution in [0.3, 0.4) is 0 Å². The van der Waals surface area contributed by atoms with Gasteiger partial charge in [-0.25, -0.2) is 4.79 Å². The molecule has 0 aromatic carbocycles. The molecule has 6 nitrogen and oxygen atoms in total. The molecule has 1 aromatic heterocycles. The van der Waals surface area contributed by atoms with E-state index in [0.717, 1.165) is 31.4 Å². The maximum Gasteiger partial charge on any atom is 0.340 e. The zero-order valence-corrected chi connectivity index (χ0v) is 10.2. The summed E-state index contributed by atoms with van der Waals surface area (Å²) in [5, 5.41) is 21.8. The van der Waals surface area contributed by atoms with Crippen molar-refractivity contribution in [1.82, 2.24) is 5.32 Å². The topological polar surface area (TPSA) is 99.8 Å². The van der Waals surface area contributed by atoms with Crippen molar-refractivity contribution in [3.05, 3.63) is 28.3 Å². The van der Waals surface area contributed by atoms with E-state index in [4.69, 9.17) is 4.42 Å². The Morgan fingerprint density at radius 3 is 2.74 bits per heavy atom. The van der Waals surface area contributed by atoms with Crippen molar-refractivity contribution < 1.29 is 19.4 Å². The average Bonchev–Trinajstić information content (AvgIpc) is 2.86. The van der Waals surface area contributed by atoms with Crippen LogP contribution in [0, 0.1) is 11.8 Å². The maximum absolute atomic E-state index is 12.0. The Kier molecular flexibility index (Phi) is 2.82. The van der Waals surface area contributed by atoms with Gasteiger partial charge < -0.3 is 19.9 Å². The summed E-state index contributed by atoms with van der Waals surface area (Å²) in [5.41, 5.74) is -0.766. The van der Waals surface area contributed by atoms with E-state index in [0.29, 0.717) is 5.92 Å². The van der Waals surface area contributed by atoms with Gasteiger partial charge in [-0.1, -0.05) is 0 Å². The van der Waals surface area contributed by atoms with Crippen LogP contribution in [0.1, 0.15) is 29.8 Å². The van der Waals surface area contributed by atoms with Gasteiger partial charge in [0.25, 0.3) is 5.91 Å². The Morgan fingerprint density at radius 2 is 2.11 bits per heavy atom. The molecule has 3 N–H and O–H groups in total. The number of fused-ring (bicyclic) bond motifs is 2. The molecule has 2 saturated carbocycles. The second-order valence-corrected chi connectivity index (χ2v) is 5.38. The smallest absolute Gasteiger partial charge is 0.340 e. The van der Waals surface area contributed by atoms with Crippen LogP contribution in [-0.4, -0.2) is 28.3 Å². The monoisotopic (exact) mass is 265 g/mol. The number of hydrogen-bond donors (Lipinski definition) is 3. The highest BCUT2D eigenvalue weighted by molar-refractivity contribution is 5.91. The molecule has 2 bridgehead atoms. The van der Waals surface area contributed by atoms with Crippen LogP contribution in [0.25, 0.3) is 0 Å². The molecule has 0 spiro atoms. The van der Waals surface area contributed by atoms with Crippen LogP contribution in [0.15, 0.2) is 21.3 Å². The summed E-state index contributed by atoms with van der Waals surface area (Å²) < 4.78 is 4.75. The first-order valence-electron chi connectivity index (χ1n) is 6.36. The molecule has 1 aromatic rings. The van der Waals surface area contributed by atoms with Crippen molar-refractivity contribution in [2.45, 2.75) is 31.4 Å². The highest BCUT2D eigenvalue weighted by atomic mass is 16.4. The number of nitrogens with one attached hydrogen (secondary N) is 1. The highest BCUT2D eigenvalue weighted by Gasteiger charge is 2.46. The number of rotatable bonds is 2. The molecule has 19 heavy (non-hydrogen) atoms. The number of carbonyl (C=O) groups excluding carboxylic acids is 1. The van der Waals surface area contributed by atoms with Crippen LogP contribution in [-0.2, 0) is 0 Å². The van der Waals surface area contributed by atoms with E-state index in [1.165, 1.54) is 0 Å². The van der Waals surface area contributed by atoms with Crippen molar-refractivity contribution in [1.29, 1.82) is 0 Å². The van der Waals surface area contributed by atoms with Crippen molar-refractivity contribution in [2.75, 3.05) is 0 Å². The molecule has 1 heterocycles. The second-order valence-electron chi connectivity index (χ2n) is 5.38. The first kappa shape index (κ1) is 12.2. The van der Waals surface area contributed by atoms with Gasteiger partial charge in [0.1, 0.15) is 5.75 Å². The zero-order chi connectivity index (χ0) is 13.6. The third kappa shape index (κ3) is 2.23. The van der Waals surface area contributed by atoms with Crippen LogP contribution < -0.4 is 10.9 Å². The minimum Gasteiger partial charge on any atom is -0.508 e. The minimum atomic E-state index is -0.766. The quantitative estimate of drug-likeness (QED) is 0.711. The third-order valence-electron chi connectivity index (χ3n) is 4.07. The molecule has 2 aliphatic rings. The number of hydrogen-bond acceptors (Lipinski definition) is 5. The normalized spacial score (nSPS) is 32.5. The number of aromatic hydroxyl groups is 1. The fourth-order valence-electron chi connectivity index (χ4n) is 3.29. The molecule has 2 aliphatic carbocycles. The van der Waals surface area contributed by atoms with Gasteiger partial charge in [0.15, 0.2) is 5.76 Å². The molecule has 0 radical (unpaired) electrons. The fraction of sp³-hybridized carbons (Fsp3) is 0.538. The number of carbonyl (C=O) groups is 1. The molecule has 4 atom stereocenters. The van der Waals surface area contributed by atoms with Crippen molar-refractivity contribution in [3.63, 3.8) is 0 Å². The molecule has 0 saturated heterocycles. The van der Waals surface area contributed by atoms with E-state index >= 15 is 0 Å². The van der Waals surface area contributed by atoms with Crippen LogP contribution in [0.2, 0.25) is 0 Å². The van der Waals surface area contributed by atoms with Gasteiger partial charge >= 0.3 is 5.63 Å². The van der Waals surface area contributed by atoms with Crippen molar-refractivity contribution in [3.8, 4) is 5.75 Å². The Balaban J connectivity index is 1.73. The first-order chi connectivity index (χ1) is 9.02. The Labute approximate surface area is 109 Å². The molecule has 2 fully saturated rings. The molecule has 0 aliphatic heterocycles.